The fourth-order valence-electron chi connectivity index (χ4n) is 4.93. The highest BCUT2D eigenvalue weighted by Gasteiger charge is 2.48. The second kappa shape index (κ2) is 19.1. The van der Waals surface area contributed by atoms with Crippen molar-refractivity contribution in [3.8, 4) is 11.5 Å². The van der Waals surface area contributed by atoms with E-state index in [1.165, 1.54) is 18.2 Å². The molecule has 0 aliphatic carbocycles. The predicted molar refractivity (Wildman–Crippen MR) is 172 cm³/mol. The largest absolute Gasteiger partial charge is 0.493 e. The summed E-state index contributed by atoms with van der Waals surface area (Å²) in [4.78, 5) is 72.0. The zero-order valence-electron chi connectivity index (χ0n) is 27.5. The first-order chi connectivity index (χ1) is 24.5. The van der Waals surface area contributed by atoms with Crippen LogP contribution in [0.1, 0.15) is 37.7 Å². The minimum atomic E-state index is -4.69. The molecule has 1 aromatic rings. The zero-order valence-corrected chi connectivity index (χ0v) is 28.3. The third kappa shape index (κ3) is 12.7. The topological polar surface area (TPSA) is 328 Å². The van der Waals surface area contributed by atoms with Gasteiger partial charge >= 0.3 is 12.1 Å². The molecule has 3 rings (SSSR count). The second-order valence-corrected chi connectivity index (χ2v) is 13.1. The number of nitrogens with zero attached hydrogens (tertiary/aromatic N) is 1. The molecule has 22 heteroatoms. The smallest absolute Gasteiger partial charge is 0.404 e. The van der Waals surface area contributed by atoms with E-state index in [1.807, 2.05) is 0 Å². The van der Waals surface area contributed by atoms with Crippen LogP contribution in [0.25, 0.3) is 0 Å². The Hall–Kier alpha value is -4.87. The molecule has 6 atom stereocenters. The lowest BCUT2D eigenvalue weighted by Crippen LogP contribution is -2.61. The van der Waals surface area contributed by atoms with Crippen molar-refractivity contribution in [1.29, 1.82) is 0 Å². The molecule has 1 unspecified atom stereocenters. The van der Waals surface area contributed by atoms with E-state index in [1.54, 1.807) is 0 Å². The van der Waals surface area contributed by atoms with Crippen molar-refractivity contribution in [1.82, 2.24) is 15.5 Å². The summed E-state index contributed by atoms with van der Waals surface area (Å²) in [5, 5.41) is 44.1. The summed E-state index contributed by atoms with van der Waals surface area (Å²) >= 11 is 0. The fourth-order valence-corrected chi connectivity index (χ4v) is 5.58. The maximum atomic E-state index is 12.7. The number of rotatable bonds is 20. The van der Waals surface area contributed by atoms with Gasteiger partial charge in [0, 0.05) is 43.3 Å². The first kappa shape index (κ1) is 41.5. The molecule has 0 spiro atoms. The van der Waals surface area contributed by atoms with E-state index in [0.29, 0.717) is 19.3 Å². The van der Waals surface area contributed by atoms with Crippen molar-refractivity contribution in [2.24, 2.45) is 5.73 Å². The molecular weight excluding hydrogens is 720 g/mol. The number of nitrogens with two attached hydrogens (primary N) is 1. The number of imide groups is 1. The van der Waals surface area contributed by atoms with Crippen molar-refractivity contribution in [2.45, 2.75) is 75.5 Å². The Morgan fingerprint density at radius 2 is 1.67 bits per heavy atom. The number of aliphatic hydroxyl groups excluding tert-OH is 3. The minimum Gasteiger partial charge on any atom is -0.493 e. The number of nitrogens with one attached hydrogen (secondary N) is 2. The summed E-state index contributed by atoms with van der Waals surface area (Å²) < 4.78 is 53.5. The van der Waals surface area contributed by atoms with Gasteiger partial charge in [-0.2, -0.15) is 8.42 Å². The van der Waals surface area contributed by atoms with E-state index in [4.69, 9.17) is 24.7 Å². The number of carbonyl (C=O) groups is 6. The molecular formula is C30H40N4O17S. The summed E-state index contributed by atoms with van der Waals surface area (Å²) in [6.45, 7) is -0.428. The second-order valence-electron chi connectivity index (χ2n) is 11.6. The molecule has 9 N–H and O–H groups in total. The van der Waals surface area contributed by atoms with Crippen LogP contribution < -0.4 is 25.8 Å². The summed E-state index contributed by atoms with van der Waals surface area (Å²) in [7, 11) is -4.69. The molecule has 21 nitrogen and oxygen atoms in total. The van der Waals surface area contributed by atoms with Gasteiger partial charge < -0.3 is 55.7 Å². The van der Waals surface area contributed by atoms with E-state index in [0.717, 1.165) is 17.1 Å². The Morgan fingerprint density at radius 1 is 0.981 bits per heavy atom. The Kier molecular flexibility index (Phi) is 15.3. The van der Waals surface area contributed by atoms with Crippen LogP contribution in [0.4, 0.5) is 4.79 Å². The lowest BCUT2D eigenvalue weighted by Gasteiger charge is -2.38. The SMILES string of the molecule is NC(=O)OCc1ccc(O[C@@H]2O[C@H](C(=O)O)[C@@H](O)[C@H](O)[C@H]2O)cc1OCCCNC(=O)C(CS(=O)(=O)O)NC(=O)CCCCCN1C(=O)C=CC1=O. The van der Waals surface area contributed by atoms with Gasteiger partial charge in [-0.15, -0.1) is 0 Å². The maximum absolute atomic E-state index is 12.7. The number of carboxylic acids is 1. The zero-order chi connectivity index (χ0) is 38.6. The van der Waals surface area contributed by atoms with E-state index in [-0.39, 0.29) is 56.2 Å². The van der Waals surface area contributed by atoms with Crippen molar-refractivity contribution < 1.29 is 81.1 Å². The van der Waals surface area contributed by atoms with Gasteiger partial charge in [-0.25, -0.2) is 9.59 Å². The molecule has 5 amide bonds. The van der Waals surface area contributed by atoms with Crippen LogP contribution >= 0.6 is 0 Å². The van der Waals surface area contributed by atoms with E-state index < -0.39 is 88.3 Å². The fraction of sp³-hybridized carbons (Fsp3) is 0.533. The molecule has 2 aliphatic heterocycles. The average molecular weight is 761 g/mol. The van der Waals surface area contributed by atoms with Crippen molar-refractivity contribution in [3.63, 3.8) is 0 Å². The van der Waals surface area contributed by atoms with Crippen LogP contribution in [0.3, 0.4) is 0 Å². The normalized spacial score (nSPS) is 22.1. The van der Waals surface area contributed by atoms with Gasteiger partial charge in [0.25, 0.3) is 21.9 Å². The Morgan fingerprint density at radius 3 is 2.31 bits per heavy atom. The number of hydrogen-bond acceptors (Lipinski definition) is 15. The van der Waals surface area contributed by atoms with Crippen LogP contribution in [0, 0.1) is 0 Å². The number of aliphatic hydroxyl groups is 3. The molecule has 0 radical (unpaired) electrons. The van der Waals surface area contributed by atoms with Crippen LogP contribution in [-0.2, 0) is 50.2 Å². The number of primary amides is 1. The molecule has 288 valence electrons. The molecule has 0 bridgehead atoms. The Balaban J connectivity index is 1.52. The monoisotopic (exact) mass is 760 g/mol. The van der Waals surface area contributed by atoms with Gasteiger partial charge in [-0.05, 0) is 31.4 Å². The molecule has 52 heavy (non-hydrogen) atoms. The average Bonchev–Trinajstić information content (AvgIpc) is 3.38. The van der Waals surface area contributed by atoms with Crippen LogP contribution in [0.5, 0.6) is 11.5 Å². The predicted octanol–water partition coefficient (Wildman–Crippen LogP) is -2.70. The van der Waals surface area contributed by atoms with Gasteiger partial charge in [0.15, 0.2) is 6.10 Å². The molecule has 2 aliphatic rings. The molecule has 0 saturated carbocycles. The number of amides is 5. The van der Waals surface area contributed by atoms with Gasteiger partial charge in [0.05, 0.1) is 6.61 Å². The summed E-state index contributed by atoms with van der Waals surface area (Å²) in [5.41, 5.74) is 5.31. The highest BCUT2D eigenvalue weighted by molar-refractivity contribution is 7.85. The molecule has 1 fully saturated rings. The van der Waals surface area contributed by atoms with Crippen molar-refractivity contribution >= 4 is 45.8 Å². The van der Waals surface area contributed by atoms with Crippen molar-refractivity contribution in [2.75, 3.05) is 25.4 Å². The number of benzene rings is 1. The number of carbonyl (C=O) groups excluding carboxylic acids is 5. The summed E-state index contributed by atoms with van der Waals surface area (Å²) in [5.74, 6) is -5.21. The van der Waals surface area contributed by atoms with Gasteiger partial charge in [-0.1, -0.05) is 6.42 Å². The summed E-state index contributed by atoms with van der Waals surface area (Å²) in [6, 6.07) is 2.30. The first-order valence-corrected chi connectivity index (χ1v) is 17.4. The van der Waals surface area contributed by atoms with Gasteiger partial charge in [0.2, 0.25) is 18.1 Å². The maximum Gasteiger partial charge on any atom is 0.404 e. The highest BCUT2D eigenvalue weighted by atomic mass is 32.2. The lowest BCUT2D eigenvalue weighted by atomic mass is 9.99. The van der Waals surface area contributed by atoms with Gasteiger partial charge in [0.1, 0.15) is 48.2 Å². The van der Waals surface area contributed by atoms with E-state index >= 15 is 0 Å². The van der Waals surface area contributed by atoms with Crippen molar-refractivity contribution in [3.05, 3.63) is 35.9 Å². The number of aliphatic carboxylic acids is 1. The molecule has 1 saturated heterocycles. The number of ether oxygens (including phenoxy) is 4. The lowest BCUT2D eigenvalue weighted by molar-refractivity contribution is -0.271. The highest BCUT2D eigenvalue weighted by Crippen LogP contribution is 2.30. The molecule has 0 aromatic heterocycles. The number of carboxylic acid groups (broad SMARTS) is 1. The van der Waals surface area contributed by atoms with Gasteiger partial charge in [-0.3, -0.25) is 28.6 Å². The molecule has 2 heterocycles. The van der Waals surface area contributed by atoms with Crippen LogP contribution in [0.2, 0.25) is 0 Å². The first-order valence-electron chi connectivity index (χ1n) is 15.8. The standard InChI is InChI=1S/C30H40N4O17S/c31-30(44)49-14-16-6-7-17(50-29-25(40)23(38)24(39)26(51-29)28(42)43)13-19(16)48-12-4-10-32-27(41)18(15-52(45,46)47)33-20(35)5-2-1-3-11-34-21(36)8-9-22(34)37/h6-9,13,18,23-26,29,38-40H,1-5,10-12,14-15H2,(H2,31,44)(H,32,41)(H,33,35)(H,42,43)(H,45,46,47)/t18?,23-,24-,25+,26-,29+/m0/s1. The van der Waals surface area contributed by atoms with E-state index in [9.17, 15) is 62.2 Å². The van der Waals surface area contributed by atoms with E-state index in [2.05, 4.69) is 10.6 Å². The number of hydrogen-bond donors (Lipinski definition) is 8. The third-order valence-corrected chi connectivity index (χ3v) is 8.32. The Bertz CT molecular complexity index is 1600. The minimum absolute atomic E-state index is 0.0394. The quantitative estimate of drug-likeness (QED) is 0.0381. The van der Waals surface area contributed by atoms with Crippen LogP contribution in [0.15, 0.2) is 30.4 Å². The molecule has 1 aromatic carbocycles. The Labute approximate surface area is 296 Å². The third-order valence-electron chi connectivity index (χ3n) is 7.57. The summed E-state index contributed by atoms with van der Waals surface area (Å²) in [6.07, 6.45) is -7.01. The van der Waals surface area contributed by atoms with Crippen LogP contribution in [-0.4, -0.2) is 136 Å². The number of unbranched alkanes of at least 4 members (excludes halogenated alkanes) is 2.